The molecule has 4 nitrogen and oxygen atoms in total. The predicted molar refractivity (Wildman–Crippen MR) is 114 cm³/mol. The number of anilines is 2. The van der Waals surface area contributed by atoms with Gasteiger partial charge in [-0.2, -0.15) is 0 Å². The monoisotopic (exact) mass is 360 g/mol. The van der Waals surface area contributed by atoms with Crippen molar-refractivity contribution in [1.82, 2.24) is 9.97 Å². The Morgan fingerprint density at radius 2 is 1.74 bits per heavy atom. The molecule has 4 heteroatoms. The lowest BCUT2D eigenvalue weighted by atomic mass is 10.1. The summed E-state index contributed by atoms with van der Waals surface area (Å²) in [5.74, 6) is 2.24. The standard InChI is InChI=1S/C23H28N4/c1-17(2)11-12-21-16-22(25-14-13-18-7-4-3-5-8-18)27-23(26-21)19-9-6-10-20(24)15-19/h3-10,15-17H,11-14,24H2,1-2H3,(H,25,26,27). The third-order valence-corrected chi connectivity index (χ3v) is 4.46. The van der Waals surface area contributed by atoms with Crippen molar-refractivity contribution in [3.05, 3.63) is 71.9 Å². The lowest BCUT2D eigenvalue weighted by Crippen LogP contribution is -2.09. The van der Waals surface area contributed by atoms with Crippen molar-refractivity contribution in [3.63, 3.8) is 0 Å². The van der Waals surface area contributed by atoms with Gasteiger partial charge in [0, 0.05) is 29.6 Å². The first-order valence-corrected chi connectivity index (χ1v) is 9.62. The summed E-state index contributed by atoms with van der Waals surface area (Å²) in [5.41, 5.74) is 10.0. The fourth-order valence-corrected chi connectivity index (χ4v) is 2.94. The minimum absolute atomic E-state index is 0.644. The van der Waals surface area contributed by atoms with Gasteiger partial charge < -0.3 is 11.1 Å². The van der Waals surface area contributed by atoms with Gasteiger partial charge in [-0.1, -0.05) is 56.3 Å². The molecule has 0 aliphatic heterocycles. The Kier molecular flexibility index (Phi) is 6.42. The minimum atomic E-state index is 0.644. The molecule has 0 aliphatic rings. The van der Waals surface area contributed by atoms with Crippen molar-refractivity contribution >= 4 is 11.5 Å². The summed E-state index contributed by atoms with van der Waals surface area (Å²) in [5, 5.41) is 3.46. The number of aryl methyl sites for hydroxylation is 1. The Bertz CT molecular complexity index is 859. The molecule has 0 amide bonds. The average Bonchev–Trinajstić information content (AvgIpc) is 2.67. The molecule has 0 spiro atoms. The van der Waals surface area contributed by atoms with E-state index in [-0.39, 0.29) is 0 Å². The van der Waals surface area contributed by atoms with Gasteiger partial charge in [-0.25, -0.2) is 9.97 Å². The largest absolute Gasteiger partial charge is 0.399 e. The summed E-state index contributed by atoms with van der Waals surface area (Å²) < 4.78 is 0. The molecule has 0 unspecified atom stereocenters. The van der Waals surface area contributed by atoms with Crippen molar-refractivity contribution in [1.29, 1.82) is 0 Å². The van der Waals surface area contributed by atoms with Crippen LogP contribution in [-0.2, 0) is 12.8 Å². The van der Waals surface area contributed by atoms with E-state index in [0.717, 1.165) is 54.4 Å². The van der Waals surface area contributed by atoms with Crippen LogP contribution in [0, 0.1) is 5.92 Å². The fourth-order valence-electron chi connectivity index (χ4n) is 2.94. The van der Waals surface area contributed by atoms with Crippen LogP contribution >= 0.6 is 0 Å². The predicted octanol–water partition coefficient (Wildman–Crippen LogP) is 4.97. The summed E-state index contributed by atoms with van der Waals surface area (Å²) in [4.78, 5) is 9.50. The summed E-state index contributed by atoms with van der Waals surface area (Å²) in [7, 11) is 0. The number of hydrogen-bond donors (Lipinski definition) is 2. The van der Waals surface area contributed by atoms with Crippen LogP contribution in [0.1, 0.15) is 31.5 Å². The lowest BCUT2D eigenvalue weighted by molar-refractivity contribution is 0.581. The first-order chi connectivity index (χ1) is 13.1. The molecule has 27 heavy (non-hydrogen) atoms. The highest BCUT2D eigenvalue weighted by atomic mass is 15.0. The molecule has 1 aromatic heterocycles. The van der Waals surface area contributed by atoms with Gasteiger partial charge in [0.25, 0.3) is 0 Å². The molecule has 0 fully saturated rings. The maximum Gasteiger partial charge on any atom is 0.161 e. The summed E-state index contributed by atoms with van der Waals surface area (Å²) in [6.45, 7) is 5.30. The van der Waals surface area contributed by atoms with Crippen LogP contribution in [-0.4, -0.2) is 16.5 Å². The highest BCUT2D eigenvalue weighted by Crippen LogP contribution is 2.21. The van der Waals surface area contributed by atoms with Crippen LogP contribution in [0.25, 0.3) is 11.4 Å². The topological polar surface area (TPSA) is 63.8 Å². The van der Waals surface area contributed by atoms with E-state index < -0.39 is 0 Å². The smallest absolute Gasteiger partial charge is 0.161 e. The van der Waals surface area contributed by atoms with E-state index in [0.29, 0.717) is 5.92 Å². The fraction of sp³-hybridized carbons (Fsp3) is 0.304. The quantitative estimate of drug-likeness (QED) is 0.557. The van der Waals surface area contributed by atoms with Crippen LogP contribution in [0.4, 0.5) is 11.5 Å². The molecule has 0 aliphatic carbocycles. The summed E-state index contributed by atoms with van der Waals surface area (Å²) >= 11 is 0. The van der Waals surface area contributed by atoms with Gasteiger partial charge >= 0.3 is 0 Å². The molecule has 0 radical (unpaired) electrons. The van der Waals surface area contributed by atoms with Crippen LogP contribution in [0.2, 0.25) is 0 Å². The van der Waals surface area contributed by atoms with Crippen molar-refractivity contribution in [2.45, 2.75) is 33.1 Å². The van der Waals surface area contributed by atoms with Gasteiger partial charge in [0.05, 0.1) is 0 Å². The van der Waals surface area contributed by atoms with Gasteiger partial charge in [0.2, 0.25) is 0 Å². The van der Waals surface area contributed by atoms with E-state index in [1.165, 1.54) is 5.56 Å². The van der Waals surface area contributed by atoms with Crippen molar-refractivity contribution in [3.8, 4) is 11.4 Å². The third-order valence-electron chi connectivity index (χ3n) is 4.46. The van der Waals surface area contributed by atoms with Gasteiger partial charge in [-0.05, 0) is 42.9 Å². The maximum absolute atomic E-state index is 5.94. The summed E-state index contributed by atoms with van der Waals surface area (Å²) in [6.07, 6.45) is 3.01. The highest BCUT2D eigenvalue weighted by molar-refractivity contribution is 5.62. The molecule has 3 rings (SSSR count). The Morgan fingerprint density at radius 1 is 0.926 bits per heavy atom. The van der Waals surface area contributed by atoms with E-state index >= 15 is 0 Å². The Hall–Kier alpha value is -2.88. The molecule has 0 saturated heterocycles. The van der Waals surface area contributed by atoms with E-state index in [9.17, 15) is 0 Å². The van der Waals surface area contributed by atoms with Gasteiger partial charge in [-0.3, -0.25) is 0 Å². The third kappa shape index (κ3) is 5.81. The SMILES string of the molecule is CC(C)CCc1cc(NCCc2ccccc2)nc(-c2cccc(N)c2)n1. The highest BCUT2D eigenvalue weighted by Gasteiger charge is 2.08. The normalized spacial score (nSPS) is 10.9. The second-order valence-electron chi connectivity index (χ2n) is 7.29. The lowest BCUT2D eigenvalue weighted by Gasteiger charge is -2.11. The number of aromatic nitrogens is 2. The number of benzene rings is 2. The Labute approximate surface area is 161 Å². The molecule has 0 saturated carbocycles. The van der Waals surface area contributed by atoms with Crippen LogP contribution in [0.3, 0.4) is 0 Å². The van der Waals surface area contributed by atoms with Gasteiger partial charge in [0.1, 0.15) is 5.82 Å². The van der Waals surface area contributed by atoms with Crippen LogP contribution < -0.4 is 11.1 Å². The molecule has 3 aromatic rings. The average molecular weight is 361 g/mol. The molecule has 0 bridgehead atoms. The van der Waals surface area contributed by atoms with Crippen LogP contribution in [0.15, 0.2) is 60.7 Å². The molecular weight excluding hydrogens is 332 g/mol. The zero-order valence-electron chi connectivity index (χ0n) is 16.2. The first-order valence-electron chi connectivity index (χ1n) is 9.62. The molecular formula is C23H28N4. The Balaban J connectivity index is 1.78. The van der Waals surface area contributed by atoms with E-state index in [1.807, 2.05) is 30.3 Å². The number of nitrogens with zero attached hydrogens (tertiary/aromatic N) is 2. The van der Waals surface area contributed by atoms with Crippen molar-refractivity contribution in [2.24, 2.45) is 5.92 Å². The number of nitrogen functional groups attached to an aromatic ring is 1. The molecule has 2 aromatic carbocycles. The van der Waals surface area contributed by atoms with Gasteiger partial charge in [-0.15, -0.1) is 0 Å². The number of nitrogens with one attached hydrogen (secondary N) is 1. The molecule has 3 N–H and O–H groups in total. The zero-order valence-corrected chi connectivity index (χ0v) is 16.2. The summed E-state index contributed by atoms with van der Waals surface area (Å²) in [6, 6.07) is 20.3. The van der Waals surface area contributed by atoms with Crippen LogP contribution in [0.5, 0.6) is 0 Å². The van der Waals surface area contributed by atoms with E-state index in [2.05, 4.69) is 49.5 Å². The number of hydrogen-bond acceptors (Lipinski definition) is 4. The number of nitrogens with two attached hydrogens (primary N) is 1. The second-order valence-corrected chi connectivity index (χ2v) is 7.29. The van der Waals surface area contributed by atoms with Crippen molar-refractivity contribution in [2.75, 3.05) is 17.6 Å². The zero-order chi connectivity index (χ0) is 19.1. The molecule has 1 heterocycles. The maximum atomic E-state index is 5.94. The second kappa shape index (κ2) is 9.17. The minimum Gasteiger partial charge on any atom is -0.399 e. The van der Waals surface area contributed by atoms with E-state index in [4.69, 9.17) is 15.7 Å². The number of rotatable bonds is 8. The van der Waals surface area contributed by atoms with Gasteiger partial charge in [0.15, 0.2) is 5.82 Å². The first kappa shape index (κ1) is 18.9. The van der Waals surface area contributed by atoms with E-state index in [1.54, 1.807) is 0 Å². The molecule has 140 valence electrons. The molecule has 0 atom stereocenters. The van der Waals surface area contributed by atoms with Crippen molar-refractivity contribution < 1.29 is 0 Å². The Morgan fingerprint density at radius 3 is 2.48 bits per heavy atom.